The smallest absolute Gasteiger partial charge is 0.345 e. The molecule has 1 saturated heterocycles. The fourth-order valence-corrected chi connectivity index (χ4v) is 3.46. The molecular weight excluding hydrogens is 359 g/mol. The molecule has 1 N–H and O–H groups in total. The third kappa shape index (κ3) is 4.65. The van der Waals surface area contributed by atoms with Crippen molar-refractivity contribution in [2.45, 2.75) is 38.0 Å². The average Bonchev–Trinajstić information content (AvgIpc) is 3.15. The van der Waals surface area contributed by atoms with Crippen LogP contribution in [0.3, 0.4) is 0 Å². The molecule has 1 aliphatic heterocycles. The topological polar surface area (TPSA) is 63.1 Å². The first-order chi connectivity index (χ1) is 12.8. The molecule has 3 rings (SSSR count). The van der Waals surface area contributed by atoms with Crippen molar-refractivity contribution in [1.82, 2.24) is 24.8 Å². The van der Waals surface area contributed by atoms with Crippen LogP contribution >= 0.6 is 0 Å². The number of hydrogen-bond donors (Lipinski definition) is 1. The molecule has 2 aromatic heterocycles. The van der Waals surface area contributed by atoms with Gasteiger partial charge in [-0.3, -0.25) is 14.7 Å². The summed E-state index contributed by atoms with van der Waals surface area (Å²) in [5.74, 6) is -0.619. The van der Waals surface area contributed by atoms with Gasteiger partial charge >= 0.3 is 6.18 Å². The number of hydrogen-bond acceptors (Lipinski definition) is 4. The van der Waals surface area contributed by atoms with E-state index in [2.05, 4.69) is 20.2 Å². The number of carbonyl (C=O) groups excluding carboxylic acids is 1. The first-order valence-corrected chi connectivity index (χ1v) is 8.77. The third-order valence-electron chi connectivity index (χ3n) is 4.89. The Morgan fingerprint density at radius 3 is 2.63 bits per heavy atom. The number of nitrogens with one attached hydrogen (secondary N) is 1. The van der Waals surface area contributed by atoms with Gasteiger partial charge in [0.05, 0.1) is 12.0 Å². The highest BCUT2D eigenvalue weighted by atomic mass is 19.4. The van der Waals surface area contributed by atoms with E-state index in [9.17, 15) is 18.0 Å². The van der Waals surface area contributed by atoms with Gasteiger partial charge < -0.3 is 9.88 Å². The zero-order chi connectivity index (χ0) is 19.5. The fourth-order valence-electron chi connectivity index (χ4n) is 3.46. The van der Waals surface area contributed by atoms with Crippen molar-refractivity contribution >= 4 is 5.91 Å². The van der Waals surface area contributed by atoms with Crippen molar-refractivity contribution in [2.24, 2.45) is 0 Å². The number of carbonyl (C=O) groups is 1. The van der Waals surface area contributed by atoms with Crippen LogP contribution in [0.25, 0.3) is 0 Å². The van der Waals surface area contributed by atoms with Gasteiger partial charge in [0.15, 0.2) is 0 Å². The zero-order valence-electron chi connectivity index (χ0n) is 15.0. The molecule has 0 spiro atoms. The van der Waals surface area contributed by atoms with Crippen molar-refractivity contribution in [1.29, 1.82) is 0 Å². The van der Waals surface area contributed by atoms with Crippen molar-refractivity contribution in [2.75, 3.05) is 19.6 Å². The maximum absolute atomic E-state index is 12.7. The molecule has 3 heterocycles. The number of aromatic nitrogens is 3. The van der Waals surface area contributed by atoms with Gasteiger partial charge in [0.1, 0.15) is 12.1 Å². The van der Waals surface area contributed by atoms with Gasteiger partial charge in [0, 0.05) is 37.7 Å². The SMILES string of the molecule is Cc1cccc(CN2CCC(C(=O)NCC(F)(F)F)(n3ccnc3)CC2)n1. The normalized spacial score (nSPS) is 17.6. The number of pyridine rings is 1. The van der Waals surface area contributed by atoms with E-state index in [1.54, 1.807) is 10.8 Å². The number of piperidine rings is 1. The number of imidazole rings is 1. The highest BCUT2D eigenvalue weighted by molar-refractivity contribution is 5.84. The number of halogens is 3. The largest absolute Gasteiger partial charge is 0.405 e. The van der Waals surface area contributed by atoms with Gasteiger partial charge in [0.25, 0.3) is 0 Å². The lowest BCUT2D eigenvalue weighted by Gasteiger charge is -2.41. The summed E-state index contributed by atoms with van der Waals surface area (Å²) in [7, 11) is 0. The van der Waals surface area contributed by atoms with E-state index in [4.69, 9.17) is 0 Å². The monoisotopic (exact) mass is 381 g/mol. The molecule has 1 aliphatic rings. The number of alkyl halides is 3. The molecule has 0 atom stereocenters. The third-order valence-corrected chi connectivity index (χ3v) is 4.89. The molecule has 0 radical (unpaired) electrons. The number of nitrogens with zero attached hydrogens (tertiary/aromatic N) is 4. The van der Waals surface area contributed by atoms with Crippen molar-refractivity contribution in [3.63, 3.8) is 0 Å². The van der Waals surface area contributed by atoms with Crippen LogP contribution in [0.15, 0.2) is 36.9 Å². The predicted molar refractivity (Wildman–Crippen MR) is 92.8 cm³/mol. The van der Waals surface area contributed by atoms with Crippen LogP contribution in [0, 0.1) is 6.92 Å². The van der Waals surface area contributed by atoms with Crippen LogP contribution in [-0.4, -0.2) is 51.2 Å². The van der Waals surface area contributed by atoms with Gasteiger partial charge in [-0.15, -0.1) is 0 Å². The number of rotatable bonds is 5. The van der Waals surface area contributed by atoms with Crippen LogP contribution < -0.4 is 5.32 Å². The maximum atomic E-state index is 12.7. The predicted octanol–water partition coefficient (Wildman–Crippen LogP) is 2.26. The van der Waals surface area contributed by atoms with E-state index in [0.717, 1.165) is 11.4 Å². The van der Waals surface area contributed by atoms with E-state index in [-0.39, 0.29) is 0 Å². The number of amides is 1. The lowest BCUT2D eigenvalue weighted by Crippen LogP contribution is -2.55. The van der Waals surface area contributed by atoms with E-state index in [1.807, 2.05) is 25.1 Å². The Balaban J connectivity index is 1.70. The van der Waals surface area contributed by atoms with Crippen molar-refractivity contribution in [3.05, 3.63) is 48.3 Å². The molecule has 0 unspecified atom stereocenters. The summed E-state index contributed by atoms with van der Waals surface area (Å²) in [5.41, 5.74) is 0.814. The van der Waals surface area contributed by atoms with Gasteiger partial charge in [-0.2, -0.15) is 13.2 Å². The Kier molecular flexibility index (Phi) is 5.50. The van der Waals surface area contributed by atoms with Crippen LogP contribution in [0.2, 0.25) is 0 Å². The van der Waals surface area contributed by atoms with Gasteiger partial charge in [-0.05, 0) is 31.9 Å². The van der Waals surface area contributed by atoms with E-state index in [0.29, 0.717) is 32.5 Å². The Bertz CT molecular complexity index is 768. The highest BCUT2D eigenvalue weighted by Crippen LogP contribution is 2.31. The van der Waals surface area contributed by atoms with Crippen LogP contribution in [0.5, 0.6) is 0 Å². The minimum Gasteiger partial charge on any atom is -0.345 e. The number of aryl methyl sites for hydroxylation is 1. The second kappa shape index (κ2) is 7.67. The quantitative estimate of drug-likeness (QED) is 0.863. The molecule has 9 heteroatoms. The minimum atomic E-state index is -4.44. The van der Waals surface area contributed by atoms with Crippen LogP contribution in [-0.2, 0) is 16.9 Å². The highest BCUT2D eigenvalue weighted by Gasteiger charge is 2.44. The fraction of sp³-hybridized carbons (Fsp3) is 0.500. The second-order valence-electron chi connectivity index (χ2n) is 6.85. The number of likely N-dealkylation sites (tertiary alicyclic amines) is 1. The summed E-state index contributed by atoms with van der Waals surface area (Å²) in [5, 5.41) is 2.05. The summed E-state index contributed by atoms with van der Waals surface area (Å²) < 4.78 is 39.2. The standard InChI is InChI=1S/C18H22F3N5O/c1-14-3-2-4-15(24-14)11-25-8-5-17(6-9-25,26-10-7-22-13-26)16(27)23-12-18(19,20)21/h2-4,7,10,13H,5-6,8-9,11-12H2,1H3,(H,23,27). The molecule has 6 nitrogen and oxygen atoms in total. The molecule has 0 saturated carbocycles. The van der Waals surface area contributed by atoms with E-state index < -0.39 is 24.2 Å². The summed E-state index contributed by atoms with van der Waals surface area (Å²) >= 11 is 0. The Labute approximate surface area is 155 Å². The summed E-state index contributed by atoms with van der Waals surface area (Å²) in [6.07, 6.45) is 1.01. The summed E-state index contributed by atoms with van der Waals surface area (Å²) in [4.78, 5) is 23.3. The second-order valence-corrected chi connectivity index (χ2v) is 6.85. The van der Waals surface area contributed by atoms with E-state index >= 15 is 0 Å². The maximum Gasteiger partial charge on any atom is 0.405 e. The molecule has 1 fully saturated rings. The van der Waals surface area contributed by atoms with Crippen molar-refractivity contribution < 1.29 is 18.0 Å². The average molecular weight is 381 g/mol. The summed E-state index contributed by atoms with van der Waals surface area (Å²) in [6.45, 7) is 2.39. The molecule has 146 valence electrons. The first-order valence-electron chi connectivity index (χ1n) is 8.77. The van der Waals surface area contributed by atoms with E-state index in [1.165, 1.54) is 12.5 Å². The molecule has 0 aromatic carbocycles. The zero-order valence-corrected chi connectivity index (χ0v) is 15.0. The lowest BCUT2D eigenvalue weighted by atomic mass is 9.86. The molecule has 0 aliphatic carbocycles. The molecule has 1 amide bonds. The molecule has 27 heavy (non-hydrogen) atoms. The van der Waals surface area contributed by atoms with Gasteiger partial charge in [0.2, 0.25) is 5.91 Å². The summed E-state index contributed by atoms with van der Waals surface area (Å²) in [6, 6.07) is 5.82. The van der Waals surface area contributed by atoms with Gasteiger partial charge in [-0.1, -0.05) is 6.07 Å². The van der Waals surface area contributed by atoms with Gasteiger partial charge in [-0.25, -0.2) is 4.98 Å². The first kappa shape index (κ1) is 19.3. The van der Waals surface area contributed by atoms with Crippen LogP contribution in [0.1, 0.15) is 24.2 Å². The molecule has 0 bridgehead atoms. The Hall–Kier alpha value is -2.42. The van der Waals surface area contributed by atoms with Crippen LogP contribution in [0.4, 0.5) is 13.2 Å². The molecular formula is C18H22F3N5O. The Morgan fingerprint density at radius 2 is 2.04 bits per heavy atom. The van der Waals surface area contributed by atoms with Crippen molar-refractivity contribution in [3.8, 4) is 0 Å². The Morgan fingerprint density at radius 1 is 1.30 bits per heavy atom. The minimum absolute atomic E-state index is 0.402. The molecule has 2 aromatic rings. The lowest BCUT2D eigenvalue weighted by molar-refractivity contribution is -0.145.